The van der Waals surface area contributed by atoms with Crippen molar-refractivity contribution >= 4 is 46.3 Å². The standard InChI is InChI=1S/C51H66N8O10/c1-10-58-40-14-13-31-22-35(40)36(46(58)37-24-52-16-15-32(37)26-67-8)23-51(4,5)28-69-50(66)38-12-11-17-59(55-38)48(64)39(20-30-18-33(31)21-34(60)19-30)53-47(63)45(29(2)3)57(7)42(62)25-56(6)49(65)44-43(54-44)41(61)27-68-9/h13-16,18-19,21-22,24,29,38-39,43-45,54-55,60H,10-12,17,20,23,25-28H2,1-9H3,(H,53,63)/t38-,39-,43+,44+,45-/m0/s1. The Bertz CT molecular complexity index is 2610. The van der Waals surface area contributed by atoms with Gasteiger partial charge in [-0.25, -0.2) is 5.43 Å². The highest BCUT2D eigenvalue weighted by Gasteiger charge is 2.48. The zero-order chi connectivity index (χ0) is 49.9. The van der Waals surface area contributed by atoms with Crippen LogP contribution >= 0.6 is 0 Å². The maximum atomic E-state index is 14.7. The van der Waals surface area contributed by atoms with E-state index in [2.05, 4.69) is 58.5 Å². The van der Waals surface area contributed by atoms with E-state index < -0.39 is 71.1 Å². The molecule has 0 aliphatic carbocycles. The van der Waals surface area contributed by atoms with Crippen molar-refractivity contribution in [2.75, 3.05) is 54.6 Å². The third-order valence-electron chi connectivity index (χ3n) is 13.3. The van der Waals surface area contributed by atoms with Gasteiger partial charge in [0.2, 0.25) is 17.7 Å². The fraction of sp³-hybridized carbons (Fsp3) is 0.510. The summed E-state index contributed by atoms with van der Waals surface area (Å²) in [6.07, 6.45) is 4.98. The monoisotopic (exact) mass is 950 g/mol. The number of carbonyl (C=O) groups is 6. The van der Waals surface area contributed by atoms with Gasteiger partial charge in [-0.3, -0.25) is 44.1 Å². The molecule has 6 bridgehead atoms. The highest BCUT2D eigenvalue weighted by Crippen LogP contribution is 2.41. The number of aromatic nitrogens is 2. The minimum absolute atomic E-state index is 0.0407. The van der Waals surface area contributed by atoms with Crippen molar-refractivity contribution in [2.24, 2.45) is 11.3 Å². The van der Waals surface area contributed by atoms with Crippen molar-refractivity contribution in [3.63, 3.8) is 0 Å². The summed E-state index contributed by atoms with van der Waals surface area (Å²) in [5.41, 5.74) is 9.51. The fourth-order valence-electron chi connectivity index (χ4n) is 9.76. The maximum absolute atomic E-state index is 14.7. The Balaban J connectivity index is 1.25. The van der Waals surface area contributed by atoms with Gasteiger partial charge in [0.05, 0.1) is 31.5 Å². The number of pyridine rings is 1. The van der Waals surface area contributed by atoms with E-state index in [1.165, 1.54) is 36.0 Å². The molecule has 0 unspecified atom stereocenters. The first-order valence-corrected chi connectivity index (χ1v) is 23.6. The molecule has 5 heterocycles. The van der Waals surface area contributed by atoms with Gasteiger partial charge in [-0.15, -0.1) is 0 Å². The van der Waals surface area contributed by atoms with E-state index in [4.69, 9.17) is 14.2 Å². The van der Waals surface area contributed by atoms with Crippen molar-refractivity contribution in [3.05, 3.63) is 71.5 Å². The number of ether oxygens (including phenoxy) is 3. The second-order valence-corrected chi connectivity index (χ2v) is 19.6. The van der Waals surface area contributed by atoms with Gasteiger partial charge in [0.25, 0.3) is 5.91 Å². The van der Waals surface area contributed by atoms with Crippen LogP contribution in [0.2, 0.25) is 0 Å². The lowest BCUT2D eigenvalue weighted by Gasteiger charge is -2.37. The van der Waals surface area contributed by atoms with E-state index in [0.717, 1.165) is 38.9 Å². The molecule has 7 rings (SSSR count). The summed E-state index contributed by atoms with van der Waals surface area (Å²) in [7, 11) is 5.97. The number of carbonyl (C=O) groups excluding carboxylic acids is 6. The molecular weight excluding hydrogens is 885 g/mol. The predicted octanol–water partition coefficient (Wildman–Crippen LogP) is 3.39. The van der Waals surface area contributed by atoms with Crippen LogP contribution < -0.4 is 16.1 Å². The number of methoxy groups -OCH3 is 2. The smallest absolute Gasteiger partial charge is 0.324 e. The molecular formula is C51H66N8O10. The van der Waals surface area contributed by atoms with Crippen LogP contribution in [0.3, 0.4) is 0 Å². The van der Waals surface area contributed by atoms with Crippen LogP contribution in [0.5, 0.6) is 5.75 Å². The highest BCUT2D eigenvalue weighted by molar-refractivity contribution is 6.00. The number of ketones is 1. The first-order chi connectivity index (χ1) is 32.9. The molecule has 0 saturated carbocycles. The third kappa shape index (κ3) is 11.1. The predicted molar refractivity (Wildman–Crippen MR) is 257 cm³/mol. The number of phenolic OH excluding ortho intramolecular Hbond substituents is 1. The molecule has 2 fully saturated rings. The number of nitrogens with one attached hydrogen (secondary N) is 3. The summed E-state index contributed by atoms with van der Waals surface area (Å²) in [4.78, 5) is 89.3. The van der Waals surface area contributed by atoms with Crippen LogP contribution in [0.15, 0.2) is 54.9 Å². The zero-order valence-electron chi connectivity index (χ0n) is 41.1. The largest absolute Gasteiger partial charge is 0.508 e. The lowest BCUT2D eigenvalue weighted by molar-refractivity contribution is -0.155. The van der Waals surface area contributed by atoms with E-state index in [9.17, 15) is 33.9 Å². The van der Waals surface area contributed by atoms with Gasteiger partial charge < -0.3 is 39.0 Å². The highest BCUT2D eigenvalue weighted by atomic mass is 16.5. The van der Waals surface area contributed by atoms with Crippen molar-refractivity contribution in [1.29, 1.82) is 0 Å². The SMILES string of the molecule is CCn1c(-c2cnccc2COC)c2c3cc(ccc31)-c1cc(O)cc(c1)C[C@H](NC(=O)[C@H](C(C)C)N(C)C(=O)CN(C)C(=O)[C@@H]1N[C@@H]1C(=O)COC)C(=O)N1CCC[C@H](N1)C(=O)OCC(C)(C)C2. The molecule has 2 saturated heterocycles. The Morgan fingerprint density at radius 1 is 1.03 bits per heavy atom. The number of hydrogen-bond acceptors (Lipinski definition) is 13. The molecule has 370 valence electrons. The molecule has 18 heteroatoms. The summed E-state index contributed by atoms with van der Waals surface area (Å²) >= 11 is 0. The van der Waals surface area contributed by atoms with Gasteiger partial charge in [0.15, 0.2) is 5.78 Å². The van der Waals surface area contributed by atoms with E-state index in [1.807, 2.05) is 24.4 Å². The first kappa shape index (κ1) is 50.7. The molecule has 0 spiro atoms. The summed E-state index contributed by atoms with van der Waals surface area (Å²) < 4.78 is 18.9. The molecule has 3 aliphatic heterocycles. The fourth-order valence-corrected chi connectivity index (χ4v) is 9.76. The Morgan fingerprint density at radius 3 is 2.51 bits per heavy atom. The van der Waals surface area contributed by atoms with Gasteiger partial charge >= 0.3 is 5.97 Å². The Kier molecular flexibility index (Phi) is 15.6. The number of aromatic hydroxyl groups is 1. The number of rotatable bonds is 14. The lowest BCUT2D eigenvalue weighted by atomic mass is 9.84. The van der Waals surface area contributed by atoms with E-state index in [-0.39, 0.29) is 44.3 Å². The summed E-state index contributed by atoms with van der Waals surface area (Å²) in [5, 5.41) is 19.4. The number of nitrogens with zero attached hydrogens (tertiary/aromatic N) is 5. The Labute approximate surface area is 403 Å². The third-order valence-corrected chi connectivity index (χ3v) is 13.3. The molecule has 0 radical (unpaired) electrons. The molecule has 4 N–H and O–H groups in total. The number of likely N-dealkylation sites (N-methyl/N-ethyl adjacent to an activating group) is 2. The number of Topliss-reactive ketones (excluding diaryl/α,β-unsaturated/α-hetero) is 1. The van der Waals surface area contributed by atoms with Gasteiger partial charge in [0.1, 0.15) is 36.5 Å². The van der Waals surface area contributed by atoms with E-state index in [1.54, 1.807) is 39.3 Å². The Hall–Kier alpha value is -6.21. The Morgan fingerprint density at radius 2 is 1.80 bits per heavy atom. The van der Waals surface area contributed by atoms with Crippen molar-refractivity contribution < 1.29 is 48.1 Å². The topological polar surface area (TPSA) is 224 Å². The van der Waals surface area contributed by atoms with Gasteiger partial charge in [-0.1, -0.05) is 39.8 Å². The van der Waals surface area contributed by atoms with Crippen LogP contribution in [-0.2, 0) is 69.0 Å². The van der Waals surface area contributed by atoms with Crippen LogP contribution in [0, 0.1) is 11.3 Å². The van der Waals surface area contributed by atoms with E-state index in [0.29, 0.717) is 43.5 Å². The molecule has 4 aromatic rings. The molecule has 5 atom stereocenters. The van der Waals surface area contributed by atoms with Gasteiger partial charge in [0, 0.05) is 82.1 Å². The number of hydrogen-bond donors (Lipinski definition) is 4. The van der Waals surface area contributed by atoms with Gasteiger partial charge in [-0.05, 0) is 90.3 Å². The maximum Gasteiger partial charge on any atom is 0.324 e. The molecule has 3 aliphatic rings. The van der Waals surface area contributed by atoms with Crippen molar-refractivity contribution in [2.45, 2.75) is 104 Å². The number of amides is 4. The number of hydrazine groups is 1. The number of aryl methyl sites for hydroxylation is 1. The first-order valence-electron chi connectivity index (χ1n) is 23.6. The summed E-state index contributed by atoms with van der Waals surface area (Å²) in [6, 6.07) is 8.63. The van der Waals surface area contributed by atoms with Gasteiger partial charge in [-0.2, -0.15) is 0 Å². The van der Waals surface area contributed by atoms with Crippen molar-refractivity contribution in [3.8, 4) is 28.1 Å². The van der Waals surface area contributed by atoms with E-state index >= 15 is 0 Å². The molecule has 69 heavy (non-hydrogen) atoms. The quantitative estimate of drug-likeness (QED) is 0.105. The number of phenols is 1. The summed E-state index contributed by atoms with van der Waals surface area (Å²) in [6.45, 7) is 10.6. The number of esters is 1. The minimum atomic E-state index is -1.22. The molecule has 4 amide bonds. The van der Waals surface area contributed by atoms with Crippen LogP contribution in [0.1, 0.15) is 64.2 Å². The van der Waals surface area contributed by atoms with Crippen LogP contribution in [0.4, 0.5) is 0 Å². The average molecular weight is 951 g/mol. The van der Waals surface area contributed by atoms with Crippen molar-refractivity contribution in [1.82, 2.24) is 40.4 Å². The normalized spacial score (nSPS) is 20.8. The molecule has 18 nitrogen and oxygen atoms in total. The number of cyclic esters (lactones) is 1. The second-order valence-electron chi connectivity index (χ2n) is 19.6. The second kappa shape index (κ2) is 21.2. The van der Waals surface area contributed by atoms with Crippen LogP contribution in [0.25, 0.3) is 33.3 Å². The average Bonchev–Trinajstić information content (AvgIpc) is 4.07. The number of benzene rings is 2. The lowest BCUT2D eigenvalue weighted by Crippen LogP contribution is -2.62. The number of fused-ring (bicyclic) bond motifs is 6. The van der Waals surface area contributed by atoms with Crippen LogP contribution in [-0.4, -0.2) is 150 Å². The molecule has 2 aromatic carbocycles. The minimum Gasteiger partial charge on any atom is -0.508 e. The molecule has 2 aromatic heterocycles. The summed E-state index contributed by atoms with van der Waals surface area (Å²) in [5.74, 6) is -3.38. The zero-order valence-corrected chi connectivity index (χ0v) is 41.1.